The van der Waals surface area contributed by atoms with Crippen LogP contribution in [0.4, 0.5) is 15.4 Å². The van der Waals surface area contributed by atoms with E-state index in [2.05, 4.69) is 9.97 Å². The van der Waals surface area contributed by atoms with Crippen LogP contribution < -0.4 is 16.2 Å². The molecule has 1 aromatic rings. The number of H-pyrrole nitrogens is 1. The lowest BCUT2D eigenvalue weighted by atomic mass is 10.4. The zero-order valence-electron chi connectivity index (χ0n) is 8.96. The highest BCUT2D eigenvalue weighted by Gasteiger charge is 2.40. The van der Waals surface area contributed by atoms with E-state index in [1.54, 1.807) is 0 Å². The highest BCUT2D eigenvalue weighted by atomic mass is 32.3. The Balaban J connectivity index is 2.39. The van der Waals surface area contributed by atoms with Crippen molar-refractivity contribution in [2.75, 3.05) is 17.2 Å². The van der Waals surface area contributed by atoms with Gasteiger partial charge in [0, 0.05) is 13.0 Å². The van der Waals surface area contributed by atoms with Gasteiger partial charge in [-0.05, 0) is 0 Å². The van der Waals surface area contributed by atoms with E-state index in [4.69, 9.17) is 5.73 Å². The first-order chi connectivity index (χ1) is 8.30. The molecule has 0 spiro atoms. The van der Waals surface area contributed by atoms with Crippen LogP contribution in [0, 0.1) is 0 Å². The van der Waals surface area contributed by atoms with Gasteiger partial charge in [0.15, 0.2) is 5.82 Å². The Hall–Kier alpha value is -1.97. The first kappa shape index (κ1) is 12.5. The molecule has 1 aliphatic rings. The standard InChI is InChI=1S/C8H9FN4O4S/c9-18(16,17)4-1-5(14)13(2-4)7-6(10)8(15)12-3-11-7/h3-4H,1-2,10H2,(H,11,12,15). The molecule has 1 atom stereocenters. The van der Waals surface area contributed by atoms with Crippen molar-refractivity contribution in [2.45, 2.75) is 11.7 Å². The molecule has 10 heteroatoms. The molecular weight excluding hydrogens is 267 g/mol. The predicted octanol–water partition coefficient (Wildman–Crippen LogP) is -1.24. The highest BCUT2D eigenvalue weighted by molar-refractivity contribution is 7.87. The molecule has 1 saturated heterocycles. The predicted molar refractivity (Wildman–Crippen MR) is 60.1 cm³/mol. The Morgan fingerprint density at radius 1 is 1.50 bits per heavy atom. The molecule has 1 amide bonds. The quantitative estimate of drug-likeness (QED) is 0.650. The molecule has 0 radical (unpaired) electrons. The van der Waals surface area contributed by atoms with Crippen LogP contribution in [-0.2, 0) is 15.0 Å². The number of hydrogen-bond acceptors (Lipinski definition) is 6. The number of nitrogen functional groups attached to an aromatic ring is 1. The van der Waals surface area contributed by atoms with Crippen molar-refractivity contribution in [3.63, 3.8) is 0 Å². The van der Waals surface area contributed by atoms with Gasteiger partial charge in [0.25, 0.3) is 5.56 Å². The number of nitrogens with one attached hydrogen (secondary N) is 1. The maximum Gasteiger partial charge on any atom is 0.307 e. The normalized spacial score (nSPS) is 20.4. The molecule has 18 heavy (non-hydrogen) atoms. The van der Waals surface area contributed by atoms with Crippen LogP contribution in [0.15, 0.2) is 11.1 Å². The lowest BCUT2D eigenvalue weighted by molar-refractivity contribution is -0.117. The summed E-state index contributed by atoms with van der Waals surface area (Å²) < 4.78 is 34.3. The van der Waals surface area contributed by atoms with Gasteiger partial charge in [0.1, 0.15) is 10.9 Å². The summed E-state index contributed by atoms with van der Waals surface area (Å²) in [6.07, 6.45) is 0.533. The summed E-state index contributed by atoms with van der Waals surface area (Å²) >= 11 is 0. The summed E-state index contributed by atoms with van der Waals surface area (Å²) in [4.78, 5) is 29.6. The van der Waals surface area contributed by atoms with E-state index in [0.29, 0.717) is 0 Å². The monoisotopic (exact) mass is 276 g/mol. The third-order valence-electron chi connectivity index (χ3n) is 2.61. The van der Waals surface area contributed by atoms with Crippen LogP contribution in [-0.4, -0.2) is 36.1 Å². The second-order valence-corrected chi connectivity index (χ2v) is 5.39. The third-order valence-corrected chi connectivity index (χ3v) is 3.72. The number of anilines is 2. The van der Waals surface area contributed by atoms with Crippen molar-refractivity contribution in [1.82, 2.24) is 9.97 Å². The fraction of sp³-hybridized carbons (Fsp3) is 0.375. The molecule has 3 N–H and O–H groups in total. The molecular formula is C8H9FN4O4S. The number of amides is 1. The van der Waals surface area contributed by atoms with Gasteiger partial charge in [0.2, 0.25) is 5.91 Å². The molecule has 2 heterocycles. The number of aromatic amines is 1. The van der Waals surface area contributed by atoms with Crippen molar-refractivity contribution in [2.24, 2.45) is 0 Å². The summed E-state index contributed by atoms with van der Waals surface area (Å²) in [5, 5.41) is -1.45. The lowest BCUT2D eigenvalue weighted by Crippen LogP contribution is -2.30. The average molecular weight is 276 g/mol. The topological polar surface area (TPSA) is 126 Å². The van der Waals surface area contributed by atoms with Crippen molar-refractivity contribution in [1.29, 1.82) is 0 Å². The average Bonchev–Trinajstić information content (AvgIpc) is 2.64. The molecule has 0 aliphatic carbocycles. The van der Waals surface area contributed by atoms with Gasteiger partial charge in [-0.15, -0.1) is 3.89 Å². The maximum atomic E-state index is 12.8. The Morgan fingerprint density at radius 2 is 2.17 bits per heavy atom. The smallest absolute Gasteiger partial charge is 0.307 e. The second-order valence-electron chi connectivity index (χ2n) is 3.77. The van der Waals surface area contributed by atoms with Crippen molar-refractivity contribution >= 4 is 27.6 Å². The molecule has 2 rings (SSSR count). The van der Waals surface area contributed by atoms with Crippen molar-refractivity contribution in [3.05, 3.63) is 16.7 Å². The van der Waals surface area contributed by atoms with E-state index < -0.39 is 39.9 Å². The number of nitrogens with two attached hydrogens (primary N) is 1. The molecule has 8 nitrogen and oxygen atoms in total. The fourth-order valence-electron chi connectivity index (χ4n) is 1.68. The molecule has 0 aromatic carbocycles. The van der Waals surface area contributed by atoms with E-state index in [1.807, 2.05) is 0 Å². The molecule has 0 saturated carbocycles. The second kappa shape index (κ2) is 4.05. The minimum Gasteiger partial charge on any atom is -0.391 e. The first-order valence-corrected chi connectivity index (χ1v) is 6.32. The van der Waals surface area contributed by atoms with Gasteiger partial charge in [-0.1, -0.05) is 0 Å². The molecule has 98 valence electrons. The molecule has 1 aliphatic heterocycles. The summed E-state index contributed by atoms with van der Waals surface area (Å²) in [6.45, 7) is -0.404. The van der Waals surface area contributed by atoms with Crippen LogP contribution in [0.25, 0.3) is 0 Å². The van der Waals surface area contributed by atoms with Gasteiger partial charge >= 0.3 is 10.2 Å². The van der Waals surface area contributed by atoms with Crippen LogP contribution in [0.3, 0.4) is 0 Å². The maximum absolute atomic E-state index is 12.8. The summed E-state index contributed by atoms with van der Waals surface area (Å²) in [6, 6.07) is 0. The van der Waals surface area contributed by atoms with Crippen LogP contribution in [0.1, 0.15) is 6.42 Å². The number of halogens is 1. The SMILES string of the molecule is Nc1c(N2CC(S(=O)(=O)F)CC2=O)nc[nH]c1=O. The number of carbonyl (C=O) groups excluding carboxylic acids is 1. The fourth-order valence-corrected chi connectivity index (χ4v) is 2.35. The number of hydrogen-bond donors (Lipinski definition) is 2. The van der Waals surface area contributed by atoms with Gasteiger partial charge in [-0.3, -0.25) is 14.5 Å². The molecule has 0 bridgehead atoms. The number of rotatable bonds is 2. The Bertz CT molecular complexity index is 655. The molecule has 1 fully saturated rings. The van der Waals surface area contributed by atoms with E-state index in [0.717, 1.165) is 11.2 Å². The Morgan fingerprint density at radius 3 is 2.72 bits per heavy atom. The van der Waals surface area contributed by atoms with Crippen LogP contribution in [0.5, 0.6) is 0 Å². The number of aromatic nitrogens is 2. The number of nitrogens with zero attached hydrogens (tertiary/aromatic N) is 2. The van der Waals surface area contributed by atoms with Gasteiger partial charge < -0.3 is 10.7 Å². The molecule has 1 unspecified atom stereocenters. The largest absolute Gasteiger partial charge is 0.391 e. The van der Waals surface area contributed by atoms with E-state index in [1.165, 1.54) is 0 Å². The van der Waals surface area contributed by atoms with Gasteiger partial charge in [-0.2, -0.15) is 8.42 Å². The zero-order valence-corrected chi connectivity index (χ0v) is 9.78. The highest BCUT2D eigenvalue weighted by Crippen LogP contribution is 2.26. The minimum atomic E-state index is -4.82. The zero-order chi connectivity index (χ0) is 13.5. The summed E-state index contributed by atoms with van der Waals surface area (Å²) in [5.74, 6) is -0.805. The number of carbonyl (C=O) groups is 1. The van der Waals surface area contributed by atoms with Crippen LogP contribution in [0.2, 0.25) is 0 Å². The Kier molecular flexibility index (Phi) is 2.81. The van der Waals surface area contributed by atoms with Crippen LogP contribution >= 0.6 is 0 Å². The van der Waals surface area contributed by atoms with Crippen molar-refractivity contribution in [3.8, 4) is 0 Å². The minimum absolute atomic E-state index is 0.157. The van der Waals surface area contributed by atoms with Crippen molar-refractivity contribution < 1.29 is 17.1 Å². The summed E-state index contributed by atoms with van der Waals surface area (Å²) in [7, 11) is -4.82. The molecule has 1 aromatic heterocycles. The van der Waals surface area contributed by atoms with E-state index in [-0.39, 0.29) is 11.5 Å². The Labute approximate surface area is 101 Å². The summed E-state index contributed by atoms with van der Waals surface area (Å²) in [5.41, 5.74) is 4.47. The van der Waals surface area contributed by atoms with Gasteiger partial charge in [-0.25, -0.2) is 4.98 Å². The first-order valence-electron chi connectivity index (χ1n) is 4.87. The van der Waals surface area contributed by atoms with E-state index >= 15 is 0 Å². The van der Waals surface area contributed by atoms with Gasteiger partial charge in [0.05, 0.1) is 6.33 Å². The third kappa shape index (κ3) is 2.06. The lowest BCUT2D eigenvalue weighted by Gasteiger charge is -2.15. The van der Waals surface area contributed by atoms with E-state index in [9.17, 15) is 21.9 Å².